The molecule has 0 aromatic carbocycles. The minimum absolute atomic E-state index is 0.192. The molecule has 0 aromatic heterocycles. The van der Waals surface area contributed by atoms with Gasteiger partial charge in [0, 0.05) is 18.9 Å². The molecule has 0 fully saturated rings. The second-order valence-corrected chi connectivity index (χ2v) is 7.39. The maximum absolute atomic E-state index is 12.8. The third kappa shape index (κ3) is 4.67. The van der Waals surface area contributed by atoms with Crippen molar-refractivity contribution in [3.8, 4) is 0 Å². The van der Waals surface area contributed by atoms with Gasteiger partial charge in [0.25, 0.3) is 0 Å². The molecule has 0 N–H and O–H groups in total. The number of nitrogens with zero attached hydrogens (tertiary/aromatic N) is 1. The van der Waals surface area contributed by atoms with Gasteiger partial charge in [-0.1, -0.05) is 13.8 Å². The molecule has 0 aliphatic carbocycles. The largest absolute Gasteiger partial charge is 0.356 e. The van der Waals surface area contributed by atoms with E-state index in [9.17, 15) is 4.57 Å². The van der Waals surface area contributed by atoms with Gasteiger partial charge in [-0.15, -0.1) is 0 Å². The van der Waals surface area contributed by atoms with Gasteiger partial charge in [-0.2, -0.15) is 0 Å². The lowest BCUT2D eigenvalue weighted by Gasteiger charge is -2.32. The highest BCUT2D eigenvalue weighted by atomic mass is 31.2. The molecule has 0 saturated heterocycles. The summed E-state index contributed by atoms with van der Waals surface area (Å²) < 4.78 is 18.4. The molecule has 0 rings (SSSR count). The van der Waals surface area contributed by atoms with Crippen LogP contribution in [0.15, 0.2) is 0 Å². The Bertz CT molecular complexity index is 197. The molecule has 0 radical (unpaired) electrons. The maximum Gasteiger partial charge on any atom is 0.163 e. The van der Waals surface area contributed by atoms with E-state index in [4.69, 9.17) is 4.74 Å². The number of ether oxygens (including phenoxy) is 1. The average Bonchev–Trinajstić information content (AvgIpc) is 2.14. The predicted octanol–water partition coefficient (Wildman–Crippen LogP) is 3.05. The smallest absolute Gasteiger partial charge is 0.163 e. The van der Waals surface area contributed by atoms with Gasteiger partial charge in [0.05, 0.1) is 0 Å². The Morgan fingerprint density at radius 3 is 1.87 bits per heavy atom. The monoisotopic (exact) mass is 235 g/mol. The van der Waals surface area contributed by atoms with Gasteiger partial charge in [-0.25, -0.2) is 0 Å². The van der Waals surface area contributed by atoms with Crippen molar-refractivity contribution in [2.75, 3.05) is 33.0 Å². The minimum Gasteiger partial charge on any atom is -0.356 e. The van der Waals surface area contributed by atoms with Crippen LogP contribution >= 0.6 is 7.14 Å². The van der Waals surface area contributed by atoms with Crippen LogP contribution in [0.25, 0.3) is 0 Å². The Morgan fingerprint density at radius 2 is 1.60 bits per heavy atom. The lowest BCUT2D eigenvalue weighted by molar-refractivity contribution is 0.0263. The Balaban J connectivity index is 4.73. The Morgan fingerprint density at radius 1 is 1.13 bits per heavy atom. The molecule has 1 unspecified atom stereocenters. The fourth-order valence-electron chi connectivity index (χ4n) is 1.94. The normalized spacial score (nSPS) is 14.5. The summed E-state index contributed by atoms with van der Waals surface area (Å²) in [7, 11) is 1.69. The summed E-state index contributed by atoms with van der Waals surface area (Å²) in [5.74, 6) is -0.192. The molecular weight excluding hydrogens is 209 g/mol. The second-order valence-electron chi connectivity index (χ2n) is 4.14. The third-order valence-corrected chi connectivity index (χ3v) is 6.19. The first-order valence-electron chi connectivity index (χ1n) is 5.87. The first-order chi connectivity index (χ1) is 7.01. The van der Waals surface area contributed by atoms with Gasteiger partial charge < -0.3 is 9.30 Å². The van der Waals surface area contributed by atoms with Crippen LogP contribution < -0.4 is 0 Å². The first-order valence-corrected chi connectivity index (χ1v) is 8.02. The summed E-state index contributed by atoms with van der Waals surface area (Å²) in [6, 6.07) is 0. The van der Waals surface area contributed by atoms with Crippen LogP contribution in [0.4, 0.5) is 0 Å². The lowest BCUT2D eigenvalue weighted by atomic mass is 10.6. The summed E-state index contributed by atoms with van der Waals surface area (Å²) in [4.78, 5) is 1.95. The van der Waals surface area contributed by atoms with Crippen molar-refractivity contribution in [1.82, 2.24) is 4.90 Å². The van der Waals surface area contributed by atoms with Gasteiger partial charge in [-0.05, 0) is 33.9 Å². The van der Waals surface area contributed by atoms with Crippen LogP contribution in [-0.4, -0.2) is 43.9 Å². The molecule has 0 spiro atoms. The molecule has 15 heavy (non-hydrogen) atoms. The van der Waals surface area contributed by atoms with E-state index < -0.39 is 7.14 Å². The van der Waals surface area contributed by atoms with Crippen LogP contribution in [0.3, 0.4) is 0 Å². The van der Waals surface area contributed by atoms with Crippen molar-refractivity contribution in [1.29, 1.82) is 0 Å². The molecule has 0 aliphatic heterocycles. The van der Waals surface area contributed by atoms with Crippen LogP contribution in [0.5, 0.6) is 0 Å². The SMILES string of the molecule is CCCP(=O)(CCC)C(OCC)N(C)C. The molecule has 4 heteroatoms. The van der Waals surface area contributed by atoms with Crippen molar-refractivity contribution in [3.05, 3.63) is 0 Å². The molecule has 0 amide bonds. The first kappa shape index (κ1) is 15.2. The van der Waals surface area contributed by atoms with Crippen LogP contribution in [0.1, 0.15) is 33.6 Å². The molecule has 0 aromatic rings. The van der Waals surface area contributed by atoms with E-state index in [2.05, 4.69) is 13.8 Å². The van der Waals surface area contributed by atoms with Gasteiger partial charge >= 0.3 is 0 Å². The zero-order valence-corrected chi connectivity index (χ0v) is 11.7. The topological polar surface area (TPSA) is 29.5 Å². The van der Waals surface area contributed by atoms with E-state index in [-0.39, 0.29) is 5.97 Å². The highest BCUT2D eigenvalue weighted by Gasteiger charge is 2.33. The minimum atomic E-state index is -2.20. The fourth-order valence-corrected chi connectivity index (χ4v) is 5.39. The number of hydrogen-bond donors (Lipinski definition) is 0. The quantitative estimate of drug-likeness (QED) is 0.478. The van der Waals surface area contributed by atoms with Gasteiger partial charge in [0.1, 0.15) is 7.14 Å². The van der Waals surface area contributed by atoms with Gasteiger partial charge in [-0.3, -0.25) is 4.90 Å². The Kier molecular flexibility index (Phi) is 7.50. The van der Waals surface area contributed by atoms with Crippen LogP contribution in [0.2, 0.25) is 0 Å². The van der Waals surface area contributed by atoms with E-state index in [0.717, 1.165) is 25.2 Å². The molecule has 0 heterocycles. The Labute approximate surface area is 94.6 Å². The van der Waals surface area contributed by atoms with E-state index in [1.165, 1.54) is 0 Å². The fraction of sp³-hybridized carbons (Fsp3) is 1.00. The molecule has 1 atom stereocenters. The summed E-state index contributed by atoms with van der Waals surface area (Å²) in [5.41, 5.74) is 0. The second kappa shape index (κ2) is 7.43. The van der Waals surface area contributed by atoms with E-state index in [1.807, 2.05) is 25.9 Å². The van der Waals surface area contributed by atoms with Crippen molar-refractivity contribution < 1.29 is 9.30 Å². The Hall–Kier alpha value is 0.150. The molecule has 3 nitrogen and oxygen atoms in total. The zero-order valence-electron chi connectivity index (χ0n) is 10.8. The van der Waals surface area contributed by atoms with E-state index in [1.54, 1.807) is 0 Å². The summed E-state index contributed by atoms with van der Waals surface area (Å²) in [6.45, 7) is 6.75. The maximum atomic E-state index is 12.8. The summed E-state index contributed by atoms with van der Waals surface area (Å²) in [5, 5.41) is 0. The lowest BCUT2D eigenvalue weighted by Crippen LogP contribution is -2.32. The zero-order chi connectivity index (χ0) is 11.9. The van der Waals surface area contributed by atoms with Crippen LogP contribution in [-0.2, 0) is 9.30 Å². The van der Waals surface area contributed by atoms with Crippen molar-refractivity contribution >= 4 is 7.14 Å². The van der Waals surface area contributed by atoms with Crippen LogP contribution in [0, 0.1) is 0 Å². The molecule has 0 bridgehead atoms. The standard InChI is InChI=1S/C11H26NO2P/c1-6-9-15(13,10-7-2)11(12(4)5)14-8-3/h11H,6-10H2,1-5H3. The number of rotatable bonds is 8. The van der Waals surface area contributed by atoms with Gasteiger partial charge in [0.2, 0.25) is 0 Å². The van der Waals surface area contributed by atoms with Gasteiger partial charge in [0.15, 0.2) is 5.97 Å². The summed E-state index contributed by atoms with van der Waals surface area (Å²) in [6.07, 6.45) is 3.52. The number of hydrogen-bond acceptors (Lipinski definition) is 3. The predicted molar refractivity (Wildman–Crippen MR) is 67.0 cm³/mol. The molecule has 0 saturated carbocycles. The van der Waals surface area contributed by atoms with Crippen molar-refractivity contribution in [3.63, 3.8) is 0 Å². The van der Waals surface area contributed by atoms with Crippen molar-refractivity contribution in [2.45, 2.75) is 39.6 Å². The molecule has 0 aliphatic rings. The highest BCUT2D eigenvalue weighted by molar-refractivity contribution is 7.64. The van der Waals surface area contributed by atoms with E-state index in [0.29, 0.717) is 6.61 Å². The molecular formula is C11H26NO2P. The average molecular weight is 235 g/mol. The highest BCUT2D eigenvalue weighted by Crippen LogP contribution is 2.52. The molecule has 92 valence electrons. The van der Waals surface area contributed by atoms with Crippen molar-refractivity contribution in [2.24, 2.45) is 0 Å². The van der Waals surface area contributed by atoms with E-state index >= 15 is 0 Å². The third-order valence-electron chi connectivity index (χ3n) is 2.36. The summed E-state index contributed by atoms with van der Waals surface area (Å²) >= 11 is 0.